The van der Waals surface area contributed by atoms with E-state index in [0.717, 1.165) is 9.52 Å². The SMILES string of the molecule is CC(C)c1cc2c(-c3ccccc3-c3cccc4ccccc34)cccc2[cH-]1.CC(C)c1cc2c(-c3ccccc3-c3cccc4ccccc34)cccc2[cH-]1.C[Si]C.[Zr+2]. The maximum Gasteiger partial charge on any atom is 2.00 e. The van der Waals surface area contributed by atoms with Gasteiger partial charge < -0.3 is 0 Å². The van der Waals surface area contributed by atoms with Crippen LogP contribution in [0.25, 0.3) is 87.6 Å². The molecule has 0 aliphatic heterocycles. The molecule has 0 aliphatic rings. The van der Waals surface area contributed by atoms with Gasteiger partial charge in [-0.2, -0.15) is 12.1 Å². The first-order valence-corrected chi connectivity index (χ1v) is 23.0. The van der Waals surface area contributed by atoms with Crippen molar-refractivity contribution in [3.63, 3.8) is 0 Å². The molecule has 292 valence electrons. The van der Waals surface area contributed by atoms with Crippen molar-refractivity contribution in [1.82, 2.24) is 0 Å². The summed E-state index contributed by atoms with van der Waals surface area (Å²) in [6.07, 6.45) is 0. The zero-order valence-corrected chi connectivity index (χ0v) is 39.1. The number of rotatable bonds is 6. The van der Waals surface area contributed by atoms with E-state index in [-0.39, 0.29) is 26.2 Å². The van der Waals surface area contributed by atoms with Gasteiger partial charge in [-0.1, -0.05) is 198 Å². The van der Waals surface area contributed by atoms with Crippen LogP contribution in [0.5, 0.6) is 0 Å². The third kappa shape index (κ3) is 8.74. The van der Waals surface area contributed by atoms with E-state index in [0.29, 0.717) is 11.8 Å². The fraction of sp³-hybridized carbons (Fsp3) is 0.138. The average Bonchev–Trinajstić information content (AvgIpc) is 3.93. The molecule has 2 heteroatoms. The van der Waals surface area contributed by atoms with E-state index in [1.807, 2.05) is 0 Å². The molecule has 10 aromatic rings. The first kappa shape index (κ1) is 42.7. The van der Waals surface area contributed by atoms with Crippen LogP contribution in [0.4, 0.5) is 0 Å². The van der Waals surface area contributed by atoms with Crippen molar-refractivity contribution in [2.45, 2.75) is 52.6 Å². The van der Waals surface area contributed by atoms with E-state index in [1.54, 1.807) is 0 Å². The molecule has 10 aromatic carbocycles. The second-order valence-electron chi connectivity index (χ2n) is 16.1. The average molecular weight is 868 g/mol. The predicted octanol–water partition coefficient (Wildman–Crippen LogP) is 17.1. The molecule has 0 fully saturated rings. The largest absolute Gasteiger partial charge is 2.00 e. The smallest absolute Gasteiger partial charge is 0.164 e. The summed E-state index contributed by atoms with van der Waals surface area (Å²) in [7, 11) is 1.08. The van der Waals surface area contributed by atoms with Gasteiger partial charge in [-0.25, -0.2) is 0 Å². The Kier molecular flexibility index (Phi) is 13.8. The number of hydrogen-bond acceptors (Lipinski definition) is 0. The van der Waals surface area contributed by atoms with E-state index in [9.17, 15) is 0 Å². The maximum atomic E-state index is 2.37. The Labute approximate surface area is 378 Å². The zero-order chi connectivity index (χ0) is 40.9. The Balaban J connectivity index is 0.000000168. The summed E-state index contributed by atoms with van der Waals surface area (Å²) in [6.45, 7) is 13.4. The molecule has 10 rings (SSSR count). The molecule has 0 bridgehead atoms. The summed E-state index contributed by atoms with van der Waals surface area (Å²) in [5, 5.41) is 10.5. The van der Waals surface area contributed by atoms with Crippen LogP contribution in [0, 0.1) is 0 Å². The van der Waals surface area contributed by atoms with Gasteiger partial charge in [-0.05, 0) is 66.8 Å². The van der Waals surface area contributed by atoms with Gasteiger partial charge in [0, 0.05) is 9.52 Å². The maximum absolute atomic E-state index is 2.37. The quantitative estimate of drug-likeness (QED) is 0.115. The molecule has 0 atom stereocenters. The van der Waals surface area contributed by atoms with E-state index in [2.05, 4.69) is 235 Å². The van der Waals surface area contributed by atoms with Crippen LogP contribution in [0.1, 0.15) is 50.7 Å². The fourth-order valence-electron chi connectivity index (χ4n) is 8.48. The monoisotopic (exact) mass is 866 g/mol. The Morgan fingerprint density at radius 3 is 0.950 bits per heavy atom. The first-order chi connectivity index (χ1) is 28.9. The summed E-state index contributed by atoms with van der Waals surface area (Å²) in [5.74, 6) is 1.07. The summed E-state index contributed by atoms with van der Waals surface area (Å²) in [4.78, 5) is 0. The van der Waals surface area contributed by atoms with Gasteiger partial charge >= 0.3 is 26.2 Å². The number of benzene rings is 8. The molecule has 0 unspecified atom stereocenters. The number of hydrogen-bond donors (Lipinski definition) is 0. The zero-order valence-electron chi connectivity index (χ0n) is 35.6. The molecule has 0 spiro atoms. The van der Waals surface area contributed by atoms with Gasteiger partial charge in [-0.3, -0.25) is 0 Å². The van der Waals surface area contributed by atoms with Gasteiger partial charge in [0.2, 0.25) is 0 Å². The predicted molar refractivity (Wildman–Crippen MR) is 261 cm³/mol. The standard InChI is InChI=1S/2C28H23.C2H6Si.Zr/c2*1-19(2)22-17-21-11-8-16-27(28(21)18-22)26-14-6-5-13-25(26)24-15-7-10-20-9-3-4-12-23(20)24;1-3-2;/h2*3-19H,1-2H3;1-2H3;/q2*-1;;+2. The molecule has 0 saturated heterocycles. The van der Waals surface area contributed by atoms with Crippen molar-refractivity contribution in [2.24, 2.45) is 0 Å². The third-order valence-electron chi connectivity index (χ3n) is 11.5. The Hall–Kier alpha value is -5.40. The van der Waals surface area contributed by atoms with Crippen LogP contribution < -0.4 is 0 Å². The molecule has 0 saturated carbocycles. The van der Waals surface area contributed by atoms with Crippen molar-refractivity contribution in [1.29, 1.82) is 0 Å². The fourth-order valence-corrected chi connectivity index (χ4v) is 8.48. The normalized spacial score (nSPS) is 11.1. The van der Waals surface area contributed by atoms with Gasteiger partial charge in [0.05, 0.1) is 0 Å². The molecule has 0 nitrogen and oxygen atoms in total. The van der Waals surface area contributed by atoms with E-state index in [1.165, 1.54) is 98.7 Å². The van der Waals surface area contributed by atoms with Crippen molar-refractivity contribution >= 4 is 52.6 Å². The molecular formula is C58H52SiZr. The minimum absolute atomic E-state index is 0. The Morgan fingerprint density at radius 1 is 0.333 bits per heavy atom. The van der Waals surface area contributed by atoms with Gasteiger partial charge in [0.25, 0.3) is 0 Å². The Morgan fingerprint density at radius 2 is 0.600 bits per heavy atom. The van der Waals surface area contributed by atoms with Crippen LogP contribution in [-0.4, -0.2) is 9.52 Å². The molecule has 0 aromatic heterocycles. The van der Waals surface area contributed by atoms with Crippen LogP contribution in [0.2, 0.25) is 13.1 Å². The van der Waals surface area contributed by atoms with Crippen LogP contribution in [0.3, 0.4) is 0 Å². The Bertz CT molecular complexity index is 2800. The molecule has 0 heterocycles. The molecule has 0 aliphatic carbocycles. The summed E-state index contributed by atoms with van der Waals surface area (Å²) < 4.78 is 0. The number of fused-ring (bicyclic) bond motifs is 4. The second-order valence-corrected chi connectivity index (χ2v) is 17.1. The van der Waals surface area contributed by atoms with E-state index < -0.39 is 0 Å². The van der Waals surface area contributed by atoms with E-state index >= 15 is 0 Å². The van der Waals surface area contributed by atoms with Crippen LogP contribution in [-0.2, 0) is 26.2 Å². The molecule has 60 heavy (non-hydrogen) atoms. The minimum Gasteiger partial charge on any atom is -0.164 e. The van der Waals surface area contributed by atoms with Crippen molar-refractivity contribution in [2.75, 3.05) is 0 Å². The van der Waals surface area contributed by atoms with Gasteiger partial charge in [0.1, 0.15) is 0 Å². The molecule has 0 N–H and O–H groups in total. The van der Waals surface area contributed by atoms with Crippen LogP contribution >= 0.6 is 0 Å². The van der Waals surface area contributed by atoms with Gasteiger partial charge in [-0.15, -0.1) is 69.1 Å². The van der Waals surface area contributed by atoms with Crippen molar-refractivity contribution in [3.8, 4) is 44.5 Å². The van der Waals surface area contributed by atoms with Crippen molar-refractivity contribution < 1.29 is 26.2 Å². The topological polar surface area (TPSA) is 0 Å². The molecule has 2 radical (unpaired) electrons. The summed E-state index contributed by atoms with van der Waals surface area (Å²) in [5.41, 5.74) is 13.2. The summed E-state index contributed by atoms with van der Waals surface area (Å²) >= 11 is 0. The molecule has 0 amide bonds. The van der Waals surface area contributed by atoms with E-state index in [4.69, 9.17) is 0 Å². The summed E-state index contributed by atoms with van der Waals surface area (Å²) in [6, 6.07) is 70.8. The molecular weight excluding hydrogens is 816 g/mol. The first-order valence-electron chi connectivity index (χ1n) is 21.0. The third-order valence-corrected chi connectivity index (χ3v) is 11.5. The van der Waals surface area contributed by atoms with Gasteiger partial charge in [0.15, 0.2) is 0 Å². The second kappa shape index (κ2) is 19.3. The van der Waals surface area contributed by atoms with Crippen molar-refractivity contribution in [3.05, 3.63) is 205 Å². The minimum atomic E-state index is 0. The van der Waals surface area contributed by atoms with Crippen LogP contribution in [0.15, 0.2) is 194 Å².